The molecule has 0 saturated carbocycles. The van der Waals surface area contributed by atoms with E-state index in [1.807, 2.05) is 0 Å². The molecule has 0 saturated heterocycles. The van der Waals surface area contributed by atoms with E-state index < -0.39 is 17.8 Å². The molecule has 1 rings (SSSR count). The summed E-state index contributed by atoms with van der Waals surface area (Å²) in [6, 6.07) is 1.57. The number of rotatable bonds is 4. The number of nitrogen functional groups attached to an aromatic ring is 1. The van der Waals surface area contributed by atoms with Gasteiger partial charge in [-0.2, -0.15) is 18.2 Å². The molecule has 96 valence electrons. The number of alkyl halides is 3. The quantitative estimate of drug-likeness (QED) is 0.889. The van der Waals surface area contributed by atoms with Crippen LogP contribution in [0.15, 0.2) is 12.1 Å². The van der Waals surface area contributed by atoms with E-state index in [2.05, 4.69) is 4.98 Å². The summed E-state index contributed by atoms with van der Waals surface area (Å²) in [6.07, 6.45) is -4.88. The van der Waals surface area contributed by atoms with Crippen LogP contribution >= 0.6 is 0 Å². The SMILES string of the molecule is COCC(C)Oc1cc(C(F)(F)F)cc(N)n1. The van der Waals surface area contributed by atoms with Crippen molar-refractivity contribution in [1.82, 2.24) is 4.98 Å². The maximum absolute atomic E-state index is 12.5. The number of anilines is 1. The van der Waals surface area contributed by atoms with Crippen LogP contribution in [-0.4, -0.2) is 24.8 Å². The summed E-state index contributed by atoms with van der Waals surface area (Å²) >= 11 is 0. The maximum atomic E-state index is 12.5. The molecule has 4 nitrogen and oxygen atoms in total. The van der Waals surface area contributed by atoms with Crippen LogP contribution in [-0.2, 0) is 10.9 Å². The van der Waals surface area contributed by atoms with E-state index >= 15 is 0 Å². The first-order valence-electron chi connectivity index (χ1n) is 4.83. The van der Waals surface area contributed by atoms with Crippen LogP contribution in [0.5, 0.6) is 5.88 Å². The highest BCUT2D eigenvalue weighted by Crippen LogP contribution is 2.32. The fourth-order valence-electron chi connectivity index (χ4n) is 1.22. The summed E-state index contributed by atoms with van der Waals surface area (Å²) in [5.74, 6) is -0.402. The van der Waals surface area contributed by atoms with Crippen LogP contribution in [0.4, 0.5) is 19.0 Å². The predicted octanol–water partition coefficient (Wildman–Crippen LogP) is 2.10. The lowest BCUT2D eigenvalue weighted by molar-refractivity contribution is -0.137. The van der Waals surface area contributed by atoms with Gasteiger partial charge in [0.25, 0.3) is 0 Å². The van der Waals surface area contributed by atoms with E-state index in [0.29, 0.717) is 0 Å². The highest BCUT2D eigenvalue weighted by Gasteiger charge is 2.31. The first kappa shape index (κ1) is 13.6. The summed E-state index contributed by atoms with van der Waals surface area (Å²) < 4.78 is 47.4. The Morgan fingerprint density at radius 3 is 2.59 bits per heavy atom. The highest BCUT2D eigenvalue weighted by atomic mass is 19.4. The average Bonchev–Trinajstić information content (AvgIpc) is 2.15. The molecule has 0 radical (unpaired) electrons. The second-order valence-corrected chi connectivity index (χ2v) is 3.50. The largest absolute Gasteiger partial charge is 0.472 e. The van der Waals surface area contributed by atoms with Crippen molar-refractivity contribution >= 4 is 5.82 Å². The van der Waals surface area contributed by atoms with Crippen molar-refractivity contribution < 1.29 is 22.6 Å². The topological polar surface area (TPSA) is 57.4 Å². The maximum Gasteiger partial charge on any atom is 0.416 e. The van der Waals surface area contributed by atoms with Gasteiger partial charge in [0.15, 0.2) is 0 Å². The Labute approximate surface area is 96.5 Å². The second-order valence-electron chi connectivity index (χ2n) is 3.50. The number of nitrogens with two attached hydrogens (primary N) is 1. The van der Waals surface area contributed by atoms with Crippen molar-refractivity contribution in [1.29, 1.82) is 0 Å². The van der Waals surface area contributed by atoms with Gasteiger partial charge in [-0.05, 0) is 13.0 Å². The van der Waals surface area contributed by atoms with Gasteiger partial charge in [0.1, 0.15) is 11.9 Å². The van der Waals surface area contributed by atoms with Gasteiger partial charge < -0.3 is 15.2 Å². The van der Waals surface area contributed by atoms with Crippen LogP contribution < -0.4 is 10.5 Å². The molecule has 0 fully saturated rings. The molecular weight excluding hydrogens is 237 g/mol. The number of hydrogen-bond acceptors (Lipinski definition) is 4. The van der Waals surface area contributed by atoms with Crippen LogP contribution in [0.25, 0.3) is 0 Å². The highest BCUT2D eigenvalue weighted by molar-refractivity contribution is 5.38. The molecule has 7 heteroatoms. The van der Waals surface area contributed by atoms with Gasteiger partial charge in [0.2, 0.25) is 5.88 Å². The van der Waals surface area contributed by atoms with Crippen molar-refractivity contribution in [2.24, 2.45) is 0 Å². The van der Waals surface area contributed by atoms with Gasteiger partial charge in [0.05, 0.1) is 12.2 Å². The van der Waals surface area contributed by atoms with Crippen molar-refractivity contribution in [2.45, 2.75) is 19.2 Å². The number of halogens is 3. The number of hydrogen-bond donors (Lipinski definition) is 1. The Balaban J connectivity index is 2.90. The van der Waals surface area contributed by atoms with Crippen LogP contribution in [0, 0.1) is 0 Å². The lowest BCUT2D eigenvalue weighted by Crippen LogP contribution is -2.19. The standard InChI is InChI=1S/C10H13F3N2O2/c1-6(5-16-2)17-9-4-7(10(11,12)13)3-8(14)15-9/h3-4,6H,5H2,1-2H3,(H2,14,15). The molecule has 1 aromatic rings. The summed E-state index contributed by atoms with van der Waals surface area (Å²) in [5.41, 5.74) is 4.40. The lowest BCUT2D eigenvalue weighted by Gasteiger charge is -2.14. The average molecular weight is 250 g/mol. The van der Waals surface area contributed by atoms with Crippen molar-refractivity contribution in [3.05, 3.63) is 17.7 Å². The molecule has 0 aliphatic rings. The van der Waals surface area contributed by atoms with E-state index in [1.54, 1.807) is 6.92 Å². The first-order valence-corrected chi connectivity index (χ1v) is 4.83. The zero-order chi connectivity index (χ0) is 13.1. The van der Waals surface area contributed by atoms with E-state index in [0.717, 1.165) is 12.1 Å². The van der Waals surface area contributed by atoms with Crippen molar-refractivity contribution in [3.63, 3.8) is 0 Å². The molecule has 0 spiro atoms. The van der Waals surface area contributed by atoms with Gasteiger partial charge in [-0.25, -0.2) is 0 Å². The fourth-order valence-corrected chi connectivity index (χ4v) is 1.22. The zero-order valence-electron chi connectivity index (χ0n) is 9.41. The number of nitrogens with zero attached hydrogens (tertiary/aromatic N) is 1. The van der Waals surface area contributed by atoms with Crippen LogP contribution in [0.3, 0.4) is 0 Å². The Kier molecular flexibility index (Phi) is 4.17. The Morgan fingerprint density at radius 2 is 2.06 bits per heavy atom. The van der Waals surface area contributed by atoms with E-state index in [4.69, 9.17) is 15.2 Å². The van der Waals surface area contributed by atoms with Gasteiger partial charge in [-0.1, -0.05) is 0 Å². The van der Waals surface area contributed by atoms with Crippen LogP contribution in [0.1, 0.15) is 12.5 Å². The fraction of sp³-hybridized carbons (Fsp3) is 0.500. The number of aromatic nitrogens is 1. The Morgan fingerprint density at radius 1 is 1.41 bits per heavy atom. The molecule has 1 unspecified atom stereocenters. The van der Waals surface area contributed by atoms with Gasteiger partial charge in [-0.3, -0.25) is 0 Å². The molecule has 17 heavy (non-hydrogen) atoms. The molecular formula is C10H13F3N2O2. The molecule has 1 atom stereocenters. The Hall–Kier alpha value is -1.50. The van der Waals surface area contributed by atoms with Crippen LogP contribution in [0.2, 0.25) is 0 Å². The molecule has 0 aliphatic carbocycles. The van der Waals surface area contributed by atoms with Gasteiger partial charge >= 0.3 is 6.18 Å². The lowest BCUT2D eigenvalue weighted by atomic mass is 10.2. The third kappa shape index (κ3) is 4.10. The van der Waals surface area contributed by atoms with E-state index in [-0.39, 0.29) is 18.3 Å². The number of methoxy groups -OCH3 is 1. The van der Waals surface area contributed by atoms with Crippen molar-refractivity contribution in [2.75, 3.05) is 19.5 Å². The second kappa shape index (κ2) is 5.22. The molecule has 0 amide bonds. The summed E-state index contributed by atoms with van der Waals surface area (Å²) in [4.78, 5) is 3.67. The number of ether oxygens (including phenoxy) is 2. The normalized spacial score (nSPS) is 13.5. The Bertz CT molecular complexity index is 382. The minimum Gasteiger partial charge on any atom is -0.472 e. The monoisotopic (exact) mass is 250 g/mol. The summed E-state index contributed by atoms with van der Waals surface area (Å²) in [7, 11) is 1.47. The molecule has 2 N–H and O–H groups in total. The number of pyridine rings is 1. The zero-order valence-corrected chi connectivity index (χ0v) is 9.41. The molecule has 0 aromatic carbocycles. The third-order valence-corrected chi connectivity index (χ3v) is 1.87. The van der Waals surface area contributed by atoms with Gasteiger partial charge in [-0.15, -0.1) is 0 Å². The smallest absolute Gasteiger partial charge is 0.416 e. The summed E-state index contributed by atoms with van der Waals surface area (Å²) in [6.45, 7) is 1.90. The molecule has 0 aliphatic heterocycles. The predicted molar refractivity (Wildman–Crippen MR) is 55.6 cm³/mol. The van der Waals surface area contributed by atoms with Gasteiger partial charge in [0, 0.05) is 13.2 Å². The minimum atomic E-state index is -4.47. The molecule has 1 heterocycles. The molecule has 0 bridgehead atoms. The summed E-state index contributed by atoms with van der Waals surface area (Å²) in [5, 5.41) is 0. The third-order valence-electron chi connectivity index (χ3n) is 1.87. The molecule has 1 aromatic heterocycles. The first-order chi connectivity index (χ1) is 7.82. The minimum absolute atomic E-state index is 0.165. The van der Waals surface area contributed by atoms with E-state index in [9.17, 15) is 13.2 Å². The van der Waals surface area contributed by atoms with Crippen molar-refractivity contribution in [3.8, 4) is 5.88 Å². The van der Waals surface area contributed by atoms with E-state index in [1.165, 1.54) is 7.11 Å².